The van der Waals surface area contributed by atoms with Gasteiger partial charge in [-0.15, -0.1) is 11.3 Å². The standard InChI is InChI=1S/C18H27N3O2S/c1-13-7-12-24-16(13)18(23)21-10-8-20(9-11-21)14(2)17(22)19-15-5-3-4-6-15/h7,12,14-15H,3-6,8-11H2,1-2H3,(H,19,22). The largest absolute Gasteiger partial charge is 0.352 e. The summed E-state index contributed by atoms with van der Waals surface area (Å²) in [6, 6.07) is 2.24. The number of rotatable bonds is 4. The predicted octanol–water partition coefficient (Wildman–Crippen LogP) is 2.26. The summed E-state index contributed by atoms with van der Waals surface area (Å²) in [4.78, 5) is 29.9. The van der Waals surface area contributed by atoms with Gasteiger partial charge in [0.2, 0.25) is 5.91 Å². The first-order chi connectivity index (χ1) is 11.6. The number of amides is 2. The van der Waals surface area contributed by atoms with E-state index in [1.165, 1.54) is 24.2 Å². The van der Waals surface area contributed by atoms with Crippen LogP contribution in [0.4, 0.5) is 0 Å². The van der Waals surface area contributed by atoms with Crippen molar-refractivity contribution in [2.75, 3.05) is 26.2 Å². The van der Waals surface area contributed by atoms with E-state index in [1.807, 2.05) is 30.2 Å². The molecule has 1 saturated carbocycles. The number of hydrogen-bond acceptors (Lipinski definition) is 4. The van der Waals surface area contributed by atoms with Crippen molar-refractivity contribution in [3.8, 4) is 0 Å². The monoisotopic (exact) mass is 349 g/mol. The van der Waals surface area contributed by atoms with Gasteiger partial charge in [0, 0.05) is 32.2 Å². The van der Waals surface area contributed by atoms with E-state index in [4.69, 9.17) is 0 Å². The van der Waals surface area contributed by atoms with E-state index in [1.54, 1.807) is 0 Å². The summed E-state index contributed by atoms with van der Waals surface area (Å²) in [6.07, 6.45) is 4.67. The van der Waals surface area contributed by atoms with Crippen LogP contribution in [0.25, 0.3) is 0 Å². The molecule has 1 aliphatic heterocycles. The number of aryl methyl sites for hydroxylation is 1. The number of hydrogen-bond donors (Lipinski definition) is 1. The van der Waals surface area contributed by atoms with Gasteiger partial charge in [0.25, 0.3) is 5.91 Å². The molecule has 0 spiro atoms. The van der Waals surface area contributed by atoms with Gasteiger partial charge in [0.15, 0.2) is 0 Å². The lowest BCUT2D eigenvalue weighted by molar-refractivity contribution is -0.127. The van der Waals surface area contributed by atoms with Crippen LogP contribution < -0.4 is 5.32 Å². The SMILES string of the molecule is Cc1ccsc1C(=O)N1CCN(C(C)C(=O)NC2CCCC2)CC1. The average Bonchev–Trinajstić information content (AvgIpc) is 3.25. The summed E-state index contributed by atoms with van der Waals surface area (Å²) >= 11 is 1.51. The molecule has 1 N–H and O–H groups in total. The van der Waals surface area contributed by atoms with Crippen molar-refractivity contribution in [2.45, 2.75) is 51.6 Å². The quantitative estimate of drug-likeness (QED) is 0.907. The van der Waals surface area contributed by atoms with Crippen molar-refractivity contribution < 1.29 is 9.59 Å². The molecule has 2 fully saturated rings. The number of nitrogens with one attached hydrogen (secondary N) is 1. The van der Waals surface area contributed by atoms with E-state index in [-0.39, 0.29) is 17.9 Å². The lowest BCUT2D eigenvalue weighted by Crippen LogP contribution is -2.55. The van der Waals surface area contributed by atoms with Crippen molar-refractivity contribution in [3.05, 3.63) is 21.9 Å². The summed E-state index contributed by atoms with van der Waals surface area (Å²) in [7, 11) is 0. The first-order valence-electron chi connectivity index (χ1n) is 8.94. The zero-order chi connectivity index (χ0) is 17.1. The molecule has 1 aromatic heterocycles. The van der Waals surface area contributed by atoms with Gasteiger partial charge in [-0.2, -0.15) is 0 Å². The first-order valence-corrected chi connectivity index (χ1v) is 9.82. The average molecular weight is 350 g/mol. The second-order valence-electron chi connectivity index (χ2n) is 6.93. The molecule has 5 nitrogen and oxygen atoms in total. The van der Waals surface area contributed by atoms with Crippen molar-refractivity contribution in [3.63, 3.8) is 0 Å². The molecule has 1 unspecified atom stereocenters. The molecule has 2 aliphatic rings. The topological polar surface area (TPSA) is 52.7 Å². The van der Waals surface area contributed by atoms with Crippen LogP contribution in [0, 0.1) is 6.92 Å². The minimum atomic E-state index is -0.119. The molecule has 0 aromatic carbocycles. The zero-order valence-electron chi connectivity index (χ0n) is 14.6. The van der Waals surface area contributed by atoms with Gasteiger partial charge in [-0.1, -0.05) is 12.8 Å². The molecule has 132 valence electrons. The van der Waals surface area contributed by atoms with Crippen LogP contribution in [0.2, 0.25) is 0 Å². The fourth-order valence-corrected chi connectivity index (χ4v) is 4.50. The molecule has 1 aliphatic carbocycles. The minimum Gasteiger partial charge on any atom is -0.352 e. The van der Waals surface area contributed by atoms with E-state index in [0.717, 1.165) is 36.4 Å². The Hall–Kier alpha value is -1.40. The molecule has 1 saturated heterocycles. The van der Waals surface area contributed by atoms with Crippen LogP contribution in [0.5, 0.6) is 0 Å². The van der Waals surface area contributed by atoms with E-state index >= 15 is 0 Å². The normalized spacial score (nSPS) is 21.0. The molecule has 2 amide bonds. The number of nitrogens with zero attached hydrogens (tertiary/aromatic N) is 2. The minimum absolute atomic E-state index is 0.119. The second kappa shape index (κ2) is 7.66. The Bertz CT molecular complexity index is 587. The Morgan fingerprint density at radius 2 is 1.88 bits per heavy atom. The van der Waals surface area contributed by atoms with Crippen LogP contribution in [-0.2, 0) is 4.79 Å². The third-order valence-corrected chi connectivity index (χ3v) is 6.29. The van der Waals surface area contributed by atoms with Crippen LogP contribution in [0.3, 0.4) is 0 Å². The number of carbonyl (C=O) groups excluding carboxylic acids is 2. The first kappa shape index (κ1) is 17.4. The third-order valence-electron chi connectivity index (χ3n) is 5.29. The van der Waals surface area contributed by atoms with Crippen molar-refractivity contribution in [2.24, 2.45) is 0 Å². The van der Waals surface area contributed by atoms with Gasteiger partial charge < -0.3 is 10.2 Å². The highest BCUT2D eigenvalue weighted by Gasteiger charge is 2.29. The van der Waals surface area contributed by atoms with Crippen molar-refractivity contribution in [1.82, 2.24) is 15.1 Å². The highest BCUT2D eigenvalue weighted by molar-refractivity contribution is 7.12. The van der Waals surface area contributed by atoms with E-state index in [0.29, 0.717) is 19.1 Å². The summed E-state index contributed by atoms with van der Waals surface area (Å²) in [6.45, 7) is 6.86. The van der Waals surface area contributed by atoms with Gasteiger partial charge in [0.1, 0.15) is 0 Å². The Labute approximate surface area is 148 Å². The molecule has 0 bridgehead atoms. The number of piperazine rings is 1. The molecule has 24 heavy (non-hydrogen) atoms. The van der Waals surface area contributed by atoms with Crippen molar-refractivity contribution in [1.29, 1.82) is 0 Å². The van der Waals surface area contributed by atoms with E-state index in [2.05, 4.69) is 10.2 Å². The zero-order valence-corrected chi connectivity index (χ0v) is 15.4. The number of thiophene rings is 1. The van der Waals surface area contributed by atoms with Crippen LogP contribution >= 0.6 is 11.3 Å². The van der Waals surface area contributed by atoms with Crippen LogP contribution in [-0.4, -0.2) is 59.9 Å². The van der Waals surface area contributed by atoms with Gasteiger partial charge in [-0.25, -0.2) is 0 Å². The fraction of sp³-hybridized carbons (Fsp3) is 0.667. The predicted molar refractivity (Wildman–Crippen MR) is 96.4 cm³/mol. The second-order valence-corrected chi connectivity index (χ2v) is 7.84. The van der Waals surface area contributed by atoms with Crippen LogP contribution in [0.1, 0.15) is 47.8 Å². The number of carbonyl (C=O) groups is 2. The van der Waals surface area contributed by atoms with Gasteiger partial charge >= 0.3 is 0 Å². The molecule has 0 radical (unpaired) electrons. The maximum atomic E-state index is 12.6. The fourth-order valence-electron chi connectivity index (χ4n) is 3.61. The highest BCUT2D eigenvalue weighted by Crippen LogP contribution is 2.20. The molecule has 2 heterocycles. The van der Waals surface area contributed by atoms with Crippen LogP contribution in [0.15, 0.2) is 11.4 Å². The molecule has 3 rings (SSSR count). The molecule has 1 aromatic rings. The summed E-state index contributed by atoms with van der Waals surface area (Å²) in [5.41, 5.74) is 1.05. The van der Waals surface area contributed by atoms with E-state index < -0.39 is 0 Å². The molecule has 6 heteroatoms. The van der Waals surface area contributed by atoms with Gasteiger partial charge in [-0.3, -0.25) is 14.5 Å². The summed E-state index contributed by atoms with van der Waals surface area (Å²) in [5, 5.41) is 5.15. The van der Waals surface area contributed by atoms with Crippen molar-refractivity contribution >= 4 is 23.2 Å². The molecule has 1 atom stereocenters. The van der Waals surface area contributed by atoms with Gasteiger partial charge in [-0.05, 0) is 43.7 Å². The maximum absolute atomic E-state index is 12.6. The molecular weight excluding hydrogens is 322 g/mol. The highest BCUT2D eigenvalue weighted by atomic mass is 32.1. The summed E-state index contributed by atoms with van der Waals surface area (Å²) < 4.78 is 0. The lowest BCUT2D eigenvalue weighted by Gasteiger charge is -2.37. The van der Waals surface area contributed by atoms with Gasteiger partial charge in [0.05, 0.1) is 10.9 Å². The Morgan fingerprint density at radius 1 is 1.21 bits per heavy atom. The summed E-state index contributed by atoms with van der Waals surface area (Å²) in [5.74, 6) is 0.265. The third kappa shape index (κ3) is 3.81. The Kier molecular flexibility index (Phi) is 5.56. The lowest BCUT2D eigenvalue weighted by atomic mass is 10.1. The Morgan fingerprint density at radius 3 is 2.46 bits per heavy atom. The maximum Gasteiger partial charge on any atom is 0.264 e. The van der Waals surface area contributed by atoms with E-state index in [9.17, 15) is 9.59 Å². The smallest absolute Gasteiger partial charge is 0.264 e. The molecular formula is C18H27N3O2S. The Balaban J connectivity index is 1.50.